The summed E-state index contributed by atoms with van der Waals surface area (Å²) in [6.07, 6.45) is 0.733. The summed E-state index contributed by atoms with van der Waals surface area (Å²) in [7, 11) is 1.66. The Morgan fingerprint density at radius 2 is 1.52 bits per heavy atom. The summed E-state index contributed by atoms with van der Waals surface area (Å²) >= 11 is 0. The van der Waals surface area contributed by atoms with E-state index in [2.05, 4.69) is 36.6 Å². The molecule has 0 aliphatic carbocycles. The molecule has 2 aromatic carbocycles. The van der Waals surface area contributed by atoms with Crippen LogP contribution in [0, 0.1) is 5.92 Å². The number of methoxy groups -OCH3 is 1. The number of nitrogens with one attached hydrogen (secondary N) is 2. The molecule has 25 heavy (non-hydrogen) atoms. The van der Waals surface area contributed by atoms with Gasteiger partial charge in [-0.1, -0.05) is 74.5 Å². The maximum atomic E-state index is 12.4. The minimum Gasteiger partial charge on any atom is -0.375 e. The van der Waals surface area contributed by atoms with Crippen molar-refractivity contribution in [2.24, 2.45) is 5.92 Å². The van der Waals surface area contributed by atoms with E-state index in [0.29, 0.717) is 12.5 Å². The second kappa shape index (κ2) is 9.84. The highest BCUT2D eigenvalue weighted by Gasteiger charge is 2.17. The lowest BCUT2D eigenvalue weighted by Gasteiger charge is -2.22. The highest BCUT2D eigenvalue weighted by Crippen LogP contribution is 2.21. The lowest BCUT2D eigenvalue weighted by Crippen LogP contribution is -2.40. The minimum absolute atomic E-state index is 0.001000. The van der Waals surface area contributed by atoms with Crippen molar-refractivity contribution in [1.82, 2.24) is 10.6 Å². The fraction of sp³-hybridized carbons (Fsp3) is 0.381. The van der Waals surface area contributed by atoms with Gasteiger partial charge in [0.25, 0.3) is 0 Å². The van der Waals surface area contributed by atoms with Gasteiger partial charge in [0.15, 0.2) is 0 Å². The number of rotatable bonds is 8. The van der Waals surface area contributed by atoms with Crippen molar-refractivity contribution in [2.45, 2.75) is 32.4 Å². The number of hydrogen-bond donors (Lipinski definition) is 2. The molecule has 0 fully saturated rings. The Balaban J connectivity index is 1.94. The summed E-state index contributed by atoms with van der Waals surface area (Å²) in [5.74, 6) is 0.488. The summed E-state index contributed by atoms with van der Waals surface area (Å²) in [6, 6.07) is 19.8. The quantitative estimate of drug-likeness (QED) is 0.745. The second-order valence-electron chi connectivity index (χ2n) is 6.58. The minimum atomic E-state index is -0.174. The van der Waals surface area contributed by atoms with E-state index in [4.69, 9.17) is 4.74 Å². The number of carbonyl (C=O) groups is 1. The molecule has 2 aromatic rings. The van der Waals surface area contributed by atoms with E-state index in [9.17, 15) is 4.79 Å². The molecule has 2 amide bonds. The zero-order valence-electron chi connectivity index (χ0n) is 15.2. The average Bonchev–Trinajstić information content (AvgIpc) is 2.63. The van der Waals surface area contributed by atoms with Gasteiger partial charge in [-0.05, 0) is 23.5 Å². The van der Waals surface area contributed by atoms with Gasteiger partial charge in [-0.25, -0.2) is 4.79 Å². The first-order chi connectivity index (χ1) is 12.1. The Labute approximate surface area is 150 Å². The number of hydrogen-bond acceptors (Lipinski definition) is 2. The van der Waals surface area contributed by atoms with Crippen LogP contribution in [-0.2, 0) is 4.74 Å². The van der Waals surface area contributed by atoms with Gasteiger partial charge in [-0.15, -0.1) is 0 Å². The van der Waals surface area contributed by atoms with Crippen molar-refractivity contribution in [3.63, 3.8) is 0 Å². The molecule has 0 radical (unpaired) electrons. The molecule has 0 bridgehead atoms. The predicted octanol–water partition coefficient (Wildman–Crippen LogP) is 4.46. The Morgan fingerprint density at radius 3 is 2.04 bits per heavy atom. The van der Waals surface area contributed by atoms with Crippen molar-refractivity contribution in [3.05, 3.63) is 71.8 Å². The normalized spacial score (nSPS) is 13.3. The van der Waals surface area contributed by atoms with Crippen molar-refractivity contribution in [1.29, 1.82) is 0 Å². The molecular formula is C21H28N2O2. The van der Waals surface area contributed by atoms with Crippen LogP contribution in [0.2, 0.25) is 0 Å². The van der Waals surface area contributed by atoms with Gasteiger partial charge in [0.2, 0.25) is 0 Å². The van der Waals surface area contributed by atoms with Crippen LogP contribution in [0.1, 0.15) is 43.5 Å². The summed E-state index contributed by atoms with van der Waals surface area (Å²) in [5, 5.41) is 6.02. The summed E-state index contributed by atoms with van der Waals surface area (Å²) in [6.45, 7) is 4.74. The number of urea groups is 1. The van der Waals surface area contributed by atoms with Crippen molar-refractivity contribution < 1.29 is 9.53 Å². The first-order valence-corrected chi connectivity index (χ1v) is 8.77. The molecule has 2 rings (SSSR count). The molecular weight excluding hydrogens is 312 g/mol. The molecule has 0 saturated carbocycles. The number of amides is 2. The van der Waals surface area contributed by atoms with Crippen molar-refractivity contribution in [3.8, 4) is 0 Å². The lowest BCUT2D eigenvalue weighted by molar-refractivity contribution is 0.104. The van der Waals surface area contributed by atoms with Crippen LogP contribution in [0.5, 0.6) is 0 Å². The molecule has 0 aliphatic rings. The van der Waals surface area contributed by atoms with Gasteiger partial charge >= 0.3 is 6.03 Å². The maximum Gasteiger partial charge on any atom is 0.315 e. The van der Waals surface area contributed by atoms with Crippen LogP contribution in [0.4, 0.5) is 4.79 Å². The van der Waals surface area contributed by atoms with Crippen molar-refractivity contribution in [2.75, 3.05) is 13.7 Å². The Bertz CT molecular complexity index is 629. The number of carbonyl (C=O) groups excluding carboxylic acids is 1. The summed E-state index contributed by atoms with van der Waals surface area (Å²) in [5.41, 5.74) is 2.17. The second-order valence-corrected chi connectivity index (χ2v) is 6.58. The molecule has 0 unspecified atom stereocenters. The molecule has 0 heterocycles. The van der Waals surface area contributed by atoms with Crippen LogP contribution < -0.4 is 10.6 Å². The monoisotopic (exact) mass is 340 g/mol. The van der Waals surface area contributed by atoms with E-state index in [1.807, 2.05) is 48.5 Å². The predicted molar refractivity (Wildman–Crippen MR) is 101 cm³/mol. The molecule has 2 N–H and O–H groups in total. The van der Waals surface area contributed by atoms with Crippen LogP contribution in [0.3, 0.4) is 0 Å². The highest BCUT2D eigenvalue weighted by atomic mass is 16.5. The van der Waals surface area contributed by atoms with Gasteiger partial charge in [0, 0.05) is 13.7 Å². The van der Waals surface area contributed by atoms with E-state index in [1.165, 1.54) is 0 Å². The van der Waals surface area contributed by atoms with E-state index < -0.39 is 0 Å². The molecule has 0 aromatic heterocycles. The number of ether oxygens (including phenoxy) is 1. The van der Waals surface area contributed by atoms with E-state index >= 15 is 0 Å². The first-order valence-electron chi connectivity index (χ1n) is 8.77. The van der Waals surface area contributed by atoms with Gasteiger partial charge in [0.1, 0.15) is 0 Å². The van der Waals surface area contributed by atoms with Crippen LogP contribution >= 0.6 is 0 Å². The zero-order chi connectivity index (χ0) is 18.1. The molecule has 0 spiro atoms. The number of benzene rings is 2. The van der Waals surface area contributed by atoms with Gasteiger partial charge in [0.05, 0.1) is 12.1 Å². The molecule has 0 aliphatic heterocycles. The fourth-order valence-electron chi connectivity index (χ4n) is 2.83. The van der Waals surface area contributed by atoms with Crippen LogP contribution in [0.25, 0.3) is 0 Å². The standard InChI is InChI=1S/C21H28N2O2/c1-16(2)14-19(17-10-6-4-7-11-17)23-21(24)22-15-20(25-3)18-12-8-5-9-13-18/h4-13,16,19-20H,14-15H2,1-3H3,(H2,22,23,24)/t19-,20-/m1/s1. The lowest BCUT2D eigenvalue weighted by atomic mass is 9.97. The summed E-state index contributed by atoms with van der Waals surface area (Å²) < 4.78 is 5.50. The van der Waals surface area contributed by atoms with Crippen LogP contribution in [0.15, 0.2) is 60.7 Å². The SMILES string of the molecule is CO[C@H](CNC(=O)N[C@H](CC(C)C)c1ccccc1)c1ccccc1. The molecule has 2 atom stereocenters. The van der Waals surface area contributed by atoms with E-state index in [0.717, 1.165) is 17.5 Å². The summed E-state index contributed by atoms with van der Waals surface area (Å²) in [4.78, 5) is 12.4. The fourth-order valence-corrected chi connectivity index (χ4v) is 2.83. The first kappa shape index (κ1) is 19.0. The van der Waals surface area contributed by atoms with Gasteiger partial charge < -0.3 is 15.4 Å². The van der Waals surface area contributed by atoms with Crippen molar-refractivity contribution >= 4 is 6.03 Å². The zero-order valence-corrected chi connectivity index (χ0v) is 15.2. The molecule has 4 heteroatoms. The van der Waals surface area contributed by atoms with Gasteiger partial charge in [-0.3, -0.25) is 0 Å². The Hall–Kier alpha value is -2.33. The third kappa shape index (κ3) is 6.24. The topological polar surface area (TPSA) is 50.4 Å². The Kier molecular flexibility index (Phi) is 7.48. The third-order valence-corrected chi connectivity index (χ3v) is 4.12. The van der Waals surface area contributed by atoms with Crippen LogP contribution in [-0.4, -0.2) is 19.7 Å². The molecule has 4 nitrogen and oxygen atoms in total. The average molecular weight is 340 g/mol. The Morgan fingerprint density at radius 1 is 0.960 bits per heavy atom. The van der Waals surface area contributed by atoms with Gasteiger partial charge in [-0.2, -0.15) is 0 Å². The smallest absolute Gasteiger partial charge is 0.315 e. The third-order valence-electron chi connectivity index (χ3n) is 4.12. The van der Waals surface area contributed by atoms with E-state index in [-0.39, 0.29) is 18.2 Å². The molecule has 134 valence electrons. The highest BCUT2D eigenvalue weighted by molar-refractivity contribution is 5.74. The van der Waals surface area contributed by atoms with E-state index in [1.54, 1.807) is 7.11 Å². The largest absolute Gasteiger partial charge is 0.375 e. The maximum absolute atomic E-state index is 12.4. The molecule has 0 saturated heterocycles.